The molecule has 0 saturated heterocycles. The van der Waals surface area contributed by atoms with Crippen molar-refractivity contribution in [1.82, 2.24) is 19.4 Å². The first kappa shape index (κ1) is 18.6. The molecule has 2 N–H and O–H groups in total. The highest BCUT2D eigenvalue weighted by Crippen LogP contribution is 2.23. The summed E-state index contributed by atoms with van der Waals surface area (Å²) < 4.78 is 7.12. The maximum Gasteiger partial charge on any atom is 0.414 e. The van der Waals surface area contributed by atoms with Crippen LogP contribution in [-0.4, -0.2) is 25.4 Å². The summed E-state index contributed by atoms with van der Waals surface area (Å²) in [5, 5.41) is 3.16. The van der Waals surface area contributed by atoms with Crippen molar-refractivity contribution < 1.29 is 9.53 Å². The fraction of sp³-hybridized carbons (Fsp3) is 0.0435. The second-order valence-electron chi connectivity index (χ2n) is 6.91. The van der Waals surface area contributed by atoms with Gasteiger partial charge in [-0.1, -0.05) is 36.4 Å². The van der Waals surface area contributed by atoms with Gasteiger partial charge in [-0.2, -0.15) is 0 Å². The van der Waals surface area contributed by atoms with E-state index in [1.165, 1.54) is 0 Å². The van der Waals surface area contributed by atoms with Crippen LogP contribution in [0, 0.1) is 0 Å². The molecule has 5 aromatic rings. The molecule has 0 aliphatic heterocycles. The molecule has 0 aliphatic carbocycles. The van der Waals surface area contributed by atoms with Crippen LogP contribution in [0.3, 0.4) is 0 Å². The SMILES string of the molecule is O=C(Nc1nccc(-c2ccc3c(=O)cc4[nH]ccn4c3c2)n1)OCc1ccccc1. The number of anilines is 1. The molecule has 0 spiro atoms. The third kappa shape index (κ3) is 3.74. The zero-order chi connectivity index (χ0) is 21.2. The predicted molar refractivity (Wildman–Crippen MR) is 117 cm³/mol. The van der Waals surface area contributed by atoms with Crippen LogP contribution < -0.4 is 10.7 Å². The van der Waals surface area contributed by atoms with E-state index in [-0.39, 0.29) is 18.0 Å². The lowest BCUT2D eigenvalue weighted by atomic mass is 10.1. The van der Waals surface area contributed by atoms with Crippen molar-refractivity contribution in [3.63, 3.8) is 0 Å². The number of H-pyrrole nitrogens is 1. The number of aromatic nitrogens is 4. The number of ether oxygens (including phenoxy) is 1. The van der Waals surface area contributed by atoms with E-state index >= 15 is 0 Å². The molecule has 8 heteroatoms. The van der Waals surface area contributed by atoms with Crippen LogP contribution in [-0.2, 0) is 11.3 Å². The third-order valence-corrected chi connectivity index (χ3v) is 4.88. The van der Waals surface area contributed by atoms with Gasteiger partial charge in [-0.3, -0.25) is 10.1 Å². The van der Waals surface area contributed by atoms with Gasteiger partial charge >= 0.3 is 6.09 Å². The van der Waals surface area contributed by atoms with E-state index in [0.717, 1.165) is 16.6 Å². The van der Waals surface area contributed by atoms with E-state index in [1.807, 2.05) is 53.1 Å². The quantitative estimate of drug-likeness (QED) is 0.466. The van der Waals surface area contributed by atoms with Crippen molar-refractivity contribution >= 4 is 28.6 Å². The van der Waals surface area contributed by atoms with E-state index in [9.17, 15) is 9.59 Å². The van der Waals surface area contributed by atoms with Crippen molar-refractivity contribution in [2.24, 2.45) is 0 Å². The number of imidazole rings is 1. The maximum absolute atomic E-state index is 12.4. The van der Waals surface area contributed by atoms with Crippen LogP contribution in [0.1, 0.15) is 5.56 Å². The van der Waals surface area contributed by atoms with Crippen molar-refractivity contribution in [3.05, 3.63) is 95.0 Å². The number of benzene rings is 2. The Balaban J connectivity index is 1.40. The summed E-state index contributed by atoms with van der Waals surface area (Å²) in [4.78, 5) is 36.0. The van der Waals surface area contributed by atoms with Gasteiger partial charge < -0.3 is 14.1 Å². The molecule has 0 unspecified atom stereocenters. The molecule has 0 saturated carbocycles. The molecule has 5 rings (SSSR count). The number of amides is 1. The number of carbonyl (C=O) groups excluding carboxylic acids is 1. The molecule has 0 atom stereocenters. The molecule has 31 heavy (non-hydrogen) atoms. The number of nitrogens with zero attached hydrogens (tertiary/aromatic N) is 3. The van der Waals surface area contributed by atoms with Gasteiger partial charge in [-0.05, 0) is 23.8 Å². The number of pyridine rings is 1. The van der Waals surface area contributed by atoms with Gasteiger partial charge in [0.1, 0.15) is 12.3 Å². The number of nitrogens with one attached hydrogen (secondary N) is 2. The monoisotopic (exact) mass is 411 g/mol. The summed E-state index contributed by atoms with van der Waals surface area (Å²) in [6.45, 7) is 0.151. The van der Waals surface area contributed by atoms with Gasteiger partial charge in [-0.15, -0.1) is 0 Å². The summed E-state index contributed by atoms with van der Waals surface area (Å²) in [5.41, 5.74) is 3.69. The van der Waals surface area contributed by atoms with E-state index in [1.54, 1.807) is 30.6 Å². The summed E-state index contributed by atoms with van der Waals surface area (Å²) >= 11 is 0. The molecular formula is C23H17N5O3. The van der Waals surface area contributed by atoms with E-state index in [4.69, 9.17) is 4.74 Å². The molecule has 2 aromatic carbocycles. The first-order valence-corrected chi connectivity index (χ1v) is 9.61. The molecule has 0 bridgehead atoms. The minimum atomic E-state index is -0.639. The summed E-state index contributed by atoms with van der Waals surface area (Å²) in [6, 6.07) is 18.2. The first-order valence-electron chi connectivity index (χ1n) is 9.61. The largest absolute Gasteiger partial charge is 0.444 e. The van der Waals surface area contributed by atoms with Crippen LogP contribution in [0.4, 0.5) is 10.7 Å². The van der Waals surface area contributed by atoms with Crippen LogP contribution in [0.25, 0.3) is 27.8 Å². The Bertz CT molecular complexity index is 1460. The number of hydrogen-bond acceptors (Lipinski definition) is 5. The zero-order valence-corrected chi connectivity index (χ0v) is 16.3. The van der Waals surface area contributed by atoms with Crippen molar-refractivity contribution in [1.29, 1.82) is 0 Å². The molecule has 3 aromatic heterocycles. The topological polar surface area (TPSA) is 101 Å². The zero-order valence-electron chi connectivity index (χ0n) is 16.3. The molecule has 8 nitrogen and oxygen atoms in total. The molecule has 0 aliphatic rings. The summed E-state index contributed by atoms with van der Waals surface area (Å²) in [5.74, 6) is 0.132. The summed E-state index contributed by atoms with van der Waals surface area (Å²) in [6.07, 6.45) is 4.55. The molecule has 0 radical (unpaired) electrons. The lowest BCUT2D eigenvalue weighted by Gasteiger charge is -2.08. The Morgan fingerprint density at radius 1 is 1.10 bits per heavy atom. The highest BCUT2D eigenvalue weighted by molar-refractivity contribution is 5.86. The van der Waals surface area contributed by atoms with Crippen LogP contribution in [0.15, 0.2) is 84.0 Å². The van der Waals surface area contributed by atoms with Gasteiger partial charge in [0.05, 0.1) is 11.2 Å². The lowest BCUT2D eigenvalue weighted by molar-refractivity contribution is 0.155. The van der Waals surface area contributed by atoms with E-state index in [0.29, 0.717) is 16.7 Å². The maximum atomic E-state index is 12.4. The van der Waals surface area contributed by atoms with Crippen molar-refractivity contribution in [2.45, 2.75) is 6.61 Å². The van der Waals surface area contributed by atoms with Gasteiger partial charge in [-0.25, -0.2) is 14.8 Å². The number of aromatic amines is 1. The number of carbonyl (C=O) groups is 1. The predicted octanol–water partition coefficient (Wildman–Crippen LogP) is 3.99. The van der Waals surface area contributed by atoms with Gasteiger partial charge in [0, 0.05) is 35.6 Å². The van der Waals surface area contributed by atoms with Gasteiger partial charge in [0.15, 0.2) is 5.43 Å². The Kier molecular flexibility index (Phi) is 4.64. The Morgan fingerprint density at radius 2 is 1.97 bits per heavy atom. The summed E-state index contributed by atoms with van der Waals surface area (Å²) in [7, 11) is 0. The number of rotatable bonds is 4. The van der Waals surface area contributed by atoms with E-state index in [2.05, 4.69) is 20.3 Å². The van der Waals surface area contributed by atoms with Crippen molar-refractivity contribution in [2.75, 3.05) is 5.32 Å². The number of hydrogen-bond donors (Lipinski definition) is 2. The van der Waals surface area contributed by atoms with E-state index < -0.39 is 6.09 Å². The van der Waals surface area contributed by atoms with Gasteiger partial charge in [0.2, 0.25) is 5.95 Å². The highest BCUT2D eigenvalue weighted by atomic mass is 16.5. The Hall–Kier alpha value is -4.46. The Morgan fingerprint density at radius 3 is 2.84 bits per heavy atom. The normalized spacial score (nSPS) is 11.0. The number of fused-ring (bicyclic) bond motifs is 3. The second-order valence-corrected chi connectivity index (χ2v) is 6.91. The molecule has 3 heterocycles. The Labute approximate surface area is 176 Å². The molecule has 1 amide bonds. The van der Waals surface area contributed by atoms with Crippen LogP contribution in [0.2, 0.25) is 0 Å². The fourth-order valence-corrected chi connectivity index (χ4v) is 3.40. The minimum Gasteiger partial charge on any atom is -0.444 e. The van der Waals surface area contributed by atoms with Crippen molar-refractivity contribution in [3.8, 4) is 11.3 Å². The lowest BCUT2D eigenvalue weighted by Crippen LogP contribution is -2.15. The first-order chi connectivity index (χ1) is 15.2. The van der Waals surface area contributed by atoms with Crippen LogP contribution in [0.5, 0.6) is 0 Å². The molecular weight excluding hydrogens is 394 g/mol. The van der Waals surface area contributed by atoms with Gasteiger partial charge in [0.25, 0.3) is 0 Å². The molecule has 152 valence electrons. The third-order valence-electron chi connectivity index (χ3n) is 4.88. The average Bonchev–Trinajstić information content (AvgIpc) is 3.27. The fourth-order valence-electron chi connectivity index (χ4n) is 3.40. The minimum absolute atomic E-state index is 0.0600. The standard InChI is InChI=1S/C23H17N5O3/c29-20-13-21-24-10-11-28(21)19-12-16(6-7-17(19)20)18-8-9-25-22(26-18)27-23(30)31-14-15-4-2-1-3-5-15/h1-13,24H,14H2,(H,25,26,27,30). The average molecular weight is 411 g/mol. The second kappa shape index (κ2) is 7.75. The highest BCUT2D eigenvalue weighted by Gasteiger charge is 2.10. The smallest absolute Gasteiger partial charge is 0.414 e. The van der Waals surface area contributed by atoms with Crippen LogP contribution >= 0.6 is 0 Å². The molecule has 0 fully saturated rings.